The van der Waals surface area contributed by atoms with Crippen LogP contribution in [-0.2, 0) is 0 Å². The summed E-state index contributed by atoms with van der Waals surface area (Å²) in [5.74, 6) is 0. The highest BCUT2D eigenvalue weighted by atomic mass is 32.1. The van der Waals surface area contributed by atoms with Crippen LogP contribution in [0.4, 0.5) is 17.1 Å². The van der Waals surface area contributed by atoms with Gasteiger partial charge in [0.05, 0.1) is 15.7 Å². The predicted molar refractivity (Wildman–Crippen MR) is 209 cm³/mol. The normalized spacial score (nSPS) is 11.8. The van der Waals surface area contributed by atoms with Crippen molar-refractivity contribution in [3.05, 3.63) is 170 Å². The first kappa shape index (κ1) is 27.4. The van der Waals surface area contributed by atoms with Gasteiger partial charge in [-0.2, -0.15) is 0 Å². The van der Waals surface area contributed by atoms with Gasteiger partial charge in [-0.1, -0.05) is 84.9 Å². The van der Waals surface area contributed by atoms with Crippen LogP contribution in [0.5, 0.6) is 0 Å². The number of hydrogen-bond acceptors (Lipinski definition) is 3. The van der Waals surface area contributed by atoms with Crippen molar-refractivity contribution in [3.8, 4) is 16.8 Å². The molecule has 0 aliphatic carbocycles. The Bertz CT molecular complexity index is 2730. The van der Waals surface area contributed by atoms with Crippen molar-refractivity contribution < 1.29 is 0 Å². The Morgan fingerprint density at radius 1 is 0.396 bits per heavy atom. The van der Waals surface area contributed by atoms with Crippen LogP contribution in [-0.4, -0.2) is 4.57 Å². The number of hydrogen-bond donors (Lipinski definition) is 0. The molecule has 0 saturated heterocycles. The minimum absolute atomic E-state index is 1.14. The molecule has 0 aliphatic rings. The fourth-order valence-corrected chi connectivity index (χ4v) is 9.46. The quantitative estimate of drug-likeness (QED) is 0.180. The third kappa shape index (κ3) is 4.31. The molecule has 3 aromatic heterocycles. The van der Waals surface area contributed by atoms with Gasteiger partial charge in [0.2, 0.25) is 0 Å². The van der Waals surface area contributed by atoms with E-state index in [1.54, 1.807) is 0 Å². The molecule has 0 unspecified atom stereocenters. The van der Waals surface area contributed by atoms with E-state index < -0.39 is 0 Å². The molecule has 0 N–H and O–H groups in total. The van der Waals surface area contributed by atoms with E-state index in [4.69, 9.17) is 0 Å². The average Bonchev–Trinajstić information content (AvgIpc) is 3.81. The highest BCUT2D eigenvalue weighted by Crippen LogP contribution is 2.45. The van der Waals surface area contributed by atoms with E-state index in [0.717, 1.165) is 17.1 Å². The zero-order chi connectivity index (χ0) is 31.6. The number of nitrogens with zero attached hydrogens (tertiary/aromatic N) is 2. The molecule has 226 valence electrons. The van der Waals surface area contributed by atoms with Crippen molar-refractivity contribution in [1.82, 2.24) is 4.57 Å². The molecular weight excluding hydrogens is 621 g/mol. The molecule has 0 atom stereocenters. The molecule has 0 spiro atoms. The van der Waals surface area contributed by atoms with Crippen molar-refractivity contribution in [2.45, 2.75) is 0 Å². The van der Waals surface area contributed by atoms with Crippen LogP contribution < -0.4 is 4.90 Å². The standard InChI is InChI=1S/C44H28N2S2/c1-4-12-31(13-5-1)45(32-14-6-2-7-15-32)34-22-25-42-37(28-34)36-26-30(21-24-41(36)47-42)29-20-23-39-38(27-29)44-43(35-18-10-11-19-40(35)48-44)46(39)33-16-8-3-9-17-33/h1-28H. The number of anilines is 3. The van der Waals surface area contributed by atoms with Crippen molar-refractivity contribution in [3.63, 3.8) is 0 Å². The summed E-state index contributed by atoms with van der Waals surface area (Å²) in [6.45, 7) is 0. The van der Waals surface area contributed by atoms with Gasteiger partial charge in [0.15, 0.2) is 0 Å². The summed E-state index contributed by atoms with van der Waals surface area (Å²) in [4.78, 5) is 2.34. The summed E-state index contributed by atoms with van der Waals surface area (Å²) in [6, 6.07) is 61.7. The Labute approximate surface area is 286 Å². The highest BCUT2D eigenvalue weighted by molar-refractivity contribution is 7.26. The molecule has 0 fully saturated rings. The average molecular weight is 649 g/mol. The van der Waals surface area contributed by atoms with E-state index in [2.05, 4.69) is 179 Å². The summed E-state index contributed by atoms with van der Waals surface area (Å²) < 4.78 is 7.71. The van der Waals surface area contributed by atoms with E-state index >= 15 is 0 Å². The topological polar surface area (TPSA) is 8.17 Å². The van der Waals surface area contributed by atoms with Crippen molar-refractivity contribution >= 4 is 91.1 Å². The van der Waals surface area contributed by atoms with E-state index in [0.29, 0.717) is 0 Å². The number of fused-ring (bicyclic) bond motifs is 8. The van der Waals surface area contributed by atoms with Crippen LogP contribution >= 0.6 is 22.7 Å². The first-order valence-corrected chi connectivity index (χ1v) is 17.8. The number of rotatable bonds is 5. The van der Waals surface area contributed by atoms with E-state index in [-0.39, 0.29) is 0 Å². The maximum absolute atomic E-state index is 2.44. The zero-order valence-electron chi connectivity index (χ0n) is 25.9. The first-order valence-electron chi connectivity index (χ1n) is 16.2. The van der Waals surface area contributed by atoms with Gasteiger partial charge in [0.25, 0.3) is 0 Å². The molecule has 10 aromatic rings. The van der Waals surface area contributed by atoms with Crippen LogP contribution in [0.25, 0.3) is 68.2 Å². The zero-order valence-corrected chi connectivity index (χ0v) is 27.5. The fourth-order valence-electron chi connectivity index (χ4n) is 7.18. The Balaban J connectivity index is 1.15. The predicted octanol–water partition coefficient (Wildman–Crippen LogP) is 13.5. The second-order valence-electron chi connectivity index (χ2n) is 12.2. The van der Waals surface area contributed by atoms with E-state index in [9.17, 15) is 0 Å². The molecule has 0 saturated carbocycles. The molecule has 7 aromatic carbocycles. The monoisotopic (exact) mass is 648 g/mol. The lowest BCUT2D eigenvalue weighted by Crippen LogP contribution is -2.09. The van der Waals surface area contributed by atoms with Gasteiger partial charge in [0, 0.05) is 58.4 Å². The lowest BCUT2D eigenvalue weighted by molar-refractivity contribution is 1.19. The van der Waals surface area contributed by atoms with Crippen LogP contribution in [0.15, 0.2) is 170 Å². The van der Waals surface area contributed by atoms with Gasteiger partial charge < -0.3 is 9.47 Å². The molecule has 2 nitrogen and oxygen atoms in total. The lowest BCUT2D eigenvalue weighted by atomic mass is 10.0. The largest absolute Gasteiger partial charge is 0.310 e. The summed E-state index contributed by atoms with van der Waals surface area (Å²) in [7, 11) is 0. The summed E-state index contributed by atoms with van der Waals surface area (Å²) in [5.41, 5.74) is 9.64. The fraction of sp³-hybridized carbons (Fsp3) is 0. The second-order valence-corrected chi connectivity index (χ2v) is 14.3. The molecular formula is C44H28N2S2. The van der Waals surface area contributed by atoms with Crippen LogP contribution in [0.3, 0.4) is 0 Å². The Morgan fingerprint density at radius 3 is 1.69 bits per heavy atom. The first-order chi connectivity index (χ1) is 23.8. The Kier molecular flexibility index (Phi) is 6.26. The third-order valence-electron chi connectivity index (χ3n) is 9.36. The molecule has 0 aliphatic heterocycles. The smallest absolute Gasteiger partial charge is 0.0727 e. The van der Waals surface area contributed by atoms with Gasteiger partial charge in [-0.15, -0.1) is 22.7 Å². The number of aromatic nitrogens is 1. The van der Waals surface area contributed by atoms with Crippen LogP contribution in [0.2, 0.25) is 0 Å². The maximum Gasteiger partial charge on any atom is 0.0727 e. The molecule has 4 heteroatoms. The van der Waals surface area contributed by atoms with Gasteiger partial charge in [-0.3, -0.25) is 0 Å². The minimum Gasteiger partial charge on any atom is -0.310 e. The van der Waals surface area contributed by atoms with Gasteiger partial charge in [-0.05, 0) is 96.1 Å². The molecule has 48 heavy (non-hydrogen) atoms. The van der Waals surface area contributed by atoms with Crippen LogP contribution in [0, 0.1) is 0 Å². The van der Waals surface area contributed by atoms with Crippen molar-refractivity contribution in [2.24, 2.45) is 0 Å². The van der Waals surface area contributed by atoms with Crippen molar-refractivity contribution in [2.75, 3.05) is 4.90 Å². The van der Waals surface area contributed by atoms with Crippen LogP contribution in [0.1, 0.15) is 0 Å². The highest BCUT2D eigenvalue weighted by Gasteiger charge is 2.19. The van der Waals surface area contributed by atoms with E-state index in [1.807, 2.05) is 22.7 Å². The Morgan fingerprint density at radius 2 is 0.958 bits per heavy atom. The molecule has 10 rings (SSSR count). The van der Waals surface area contributed by atoms with Gasteiger partial charge in [-0.25, -0.2) is 0 Å². The number of para-hydroxylation sites is 3. The summed E-state index contributed by atoms with van der Waals surface area (Å²) in [6.07, 6.45) is 0. The molecule has 0 radical (unpaired) electrons. The van der Waals surface area contributed by atoms with Gasteiger partial charge >= 0.3 is 0 Å². The number of thiophene rings is 2. The maximum atomic E-state index is 2.44. The molecule has 0 bridgehead atoms. The third-order valence-corrected chi connectivity index (χ3v) is 11.7. The SMILES string of the molecule is c1ccc(N(c2ccccc2)c2ccc3sc4ccc(-c5ccc6c(c5)c5sc7ccccc7c5n6-c5ccccc5)cc4c3c2)cc1. The molecule has 3 heterocycles. The number of benzene rings is 7. The Hall–Kier alpha value is -5.68. The van der Waals surface area contributed by atoms with Crippen molar-refractivity contribution in [1.29, 1.82) is 0 Å². The summed E-state index contributed by atoms with van der Waals surface area (Å²) in [5, 5.41) is 5.19. The second kappa shape index (κ2) is 11.0. The molecule has 0 amide bonds. The van der Waals surface area contributed by atoms with E-state index in [1.165, 1.54) is 68.2 Å². The summed E-state index contributed by atoms with van der Waals surface area (Å²) >= 11 is 3.76. The minimum atomic E-state index is 1.14. The van der Waals surface area contributed by atoms with Gasteiger partial charge in [0.1, 0.15) is 0 Å². The lowest BCUT2D eigenvalue weighted by Gasteiger charge is -2.25.